The minimum Gasteiger partial charge on any atom is -0.429 e. The highest BCUT2D eigenvalue weighted by atomic mass is 16.6. The molecule has 1 aliphatic heterocycles. The molecule has 0 radical (unpaired) electrons. The fourth-order valence-corrected chi connectivity index (χ4v) is 2.02. The Bertz CT molecular complexity index is 821. The van der Waals surface area contributed by atoms with Crippen molar-refractivity contribution in [1.82, 2.24) is 0 Å². The summed E-state index contributed by atoms with van der Waals surface area (Å²) in [4.78, 5) is 45.1. The van der Waals surface area contributed by atoms with Gasteiger partial charge in [-0.05, 0) is 42.5 Å². The summed E-state index contributed by atoms with van der Waals surface area (Å²) in [6.45, 7) is 0.284. The number of hydrogen-bond acceptors (Lipinski definition) is 7. The third-order valence-electron chi connectivity index (χ3n) is 3.10. The second kappa shape index (κ2) is 5.72. The Morgan fingerprint density at radius 1 is 0.913 bits per heavy atom. The molecule has 7 nitrogen and oxygen atoms in total. The quantitative estimate of drug-likeness (QED) is 0.367. The van der Waals surface area contributed by atoms with Crippen LogP contribution < -0.4 is 9.47 Å². The number of cyclic esters (lactones) is 2. The van der Waals surface area contributed by atoms with Crippen LogP contribution in [0.15, 0.2) is 42.5 Å². The van der Waals surface area contributed by atoms with Crippen LogP contribution in [0.3, 0.4) is 0 Å². The fourth-order valence-electron chi connectivity index (χ4n) is 2.02. The Balaban J connectivity index is 1.78. The highest BCUT2D eigenvalue weighted by Crippen LogP contribution is 2.23. The number of hydrogen-bond donors (Lipinski definition) is 0. The van der Waals surface area contributed by atoms with Crippen molar-refractivity contribution in [1.29, 1.82) is 0 Å². The van der Waals surface area contributed by atoms with Gasteiger partial charge in [0.05, 0.1) is 16.7 Å². The van der Waals surface area contributed by atoms with Crippen LogP contribution in [0.5, 0.6) is 11.5 Å². The second-order valence-corrected chi connectivity index (χ2v) is 4.51. The molecule has 0 amide bonds. The summed E-state index contributed by atoms with van der Waals surface area (Å²) < 4.78 is 14.2. The summed E-state index contributed by atoms with van der Waals surface area (Å²) >= 11 is 0. The topological polar surface area (TPSA) is 96.0 Å². The molecule has 7 heteroatoms. The van der Waals surface area contributed by atoms with Crippen molar-refractivity contribution in [2.45, 2.75) is 0 Å². The molecular formula is C16H8O7. The molecule has 3 rings (SSSR count). The zero-order valence-electron chi connectivity index (χ0n) is 11.5. The molecule has 2 aromatic rings. The molecule has 0 saturated heterocycles. The van der Waals surface area contributed by atoms with Crippen molar-refractivity contribution >= 4 is 24.4 Å². The van der Waals surface area contributed by atoms with E-state index in [2.05, 4.69) is 9.47 Å². The van der Waals surface area contributed by atoms with Gasteiger partial charge < -0.3 is 14.2 Å². The Labute approximate surface area is 129 Å². The number of esters is 3. The Morgan fingerprint density at radius 2 is 1.57 bits per heavy atom. The monoisotopic (exact) mass is 312 g/mol. The van der Waals surface area contributed by atoms with Gasteiger partial charge in [-0.2, -0.15) is 0 Å². The van der Waals surface area contributed by atoms with Gasteiger partial charge >= 0.3 is 17.9 Å². The Morgan fingerprint density at radius 3 is 2.26 bits per heavy atom. The first-order valence-electron chi connectivity index (χ1n) is 6.41. The maximum absolute atomic E-state index is 12.1. The van der Waals surface area contributed by atoms with E-state index >= 15 is 0 Å². The van der Waals surface area contributed by atoms with Crippen molar-refractivity contribution in [2.75, 3.05) is 0 Å². The minimum atomic E-state index is -0.796. The fraction of sp³-hybridized carbons (Fsp3) is 0. The molecule has 0 atom stereocenters. The first-order chi connectivity index (χ1) is 11.1. The maximum atomic E-state index is 12.1. The zero-order chi connectivity index (χ0) is 16.4. The van der Waals surface area contributed by atoms with E-state index in [-0.39, 0.29) is 28.9 Å². The summed E-state index contributed by atoms with van der Waals surface area (Å²) in [5.74, 6) is -1.71. The van der Waals surface area contributed by atoms with Crippen LogP contribution in [-0.4, -0.2) is 24.4 Å². The lowest BCUT2D eigenvalue weighted by Gasteiger charge is -2.05. The number of ether oxygens (including phenoxy) is 3. The molecule has 2 aromatic carbocycles. The molecule has 1 aliphatic rings. The molecule has 0 fully saturated rings. The lowest BCUT2D eigenvalue weighted by atomic mass is 10.1. The largest absolute Gasteiger partial charge is 0.429 e. The first kappa shape index (κ1) is 14.5. The number of carbonyl (C=O) groups is 4. The van der Waals surface area contributed by atoms with E-state index in [1.54, 1.807) is 0 Å². The molecule has 0 aromatic heterocycles. The van der Waals surface area contributed by atoms with E-state index in [1.165, 1.54) is 42.5 Å². The highest BCUT2D eigenvalue weighted by Gasteiger charge is 2.30. The number of fused-ring (bicyclic) bond motifs is 1. The van der Waals surface area contributed by atoms with Gasteiger partial charge in [-0.1, -0.05) is 0 Å². The molecule has 0 saturated carbocycles. The minimum absolute atomic E-state index is 0.0270. The van der Waals surface area contributed by atoms with E-state index in [1.807, 2.05) is 0 Å². The third kappa shape index (κ3) is 2.80. The third-order valence-corrected chi connectivity index (χ3v) is 3.10. The molecule has 0 bridgehead atoms. The van der Waals surface area contributed by atoms with E-state index in [0.29, 0.717) is 5.75 Å². The lowest BCUT2D eigenvalue weighted by Crippen LogP contribution is -2.09. The Kier molecular flexibility index (Phi) is 3.60. The predicted octanol–water partition coefficient (Wildman–Crippen LogP) is 1.75. The zero-order valence-corrected chi connectivity index (χ0v) is 11.5. The van der Waals surface area contributed by atoms with Crippen LogP contribution >= 0.6 is 0 Å². The van der Waals surface area contributed by atoms with E-state index < -0.39 is 17.9 Å². The molecule has 23 heavy (non-hydrogen) atoms. The number of carbonyl (C=O) groups excluding carboxylic acids is 4. The van der Waals surface area contributed by atoms with Crippen molar-refractivity contribution in [2.24, 2.45) is 0 Å². The predicted molar refractivity (Wildman–Crippen MR) is 74.3 cm³/mol. The van der Waals surface area contributed by atoms with Gasteiger partial charge in [0.15, 0.2) is 0 Å². The molecule has 0 aliphatic carbocycles. The first-order valence-corrected chi connectivity index (χ1v) is 6.41. The number of benzene rings is 2. The van der Waals surface area contributed by atoms with Crippen molar-refractivity contribution in [3.63, 3.8) is 0 Å². The van der Waals surface area contributed by atoms with E-state index in [0.717, 1.165) is 0 Å². The Hall–Kier alpha value is -3.48. The standard InChI is InChI=1S/C16H8O7/c17-8-21-10-2-4-11(5-3-10)22-14(18)9-1-6-12-13(7-9)16(20)23-15(12)19/h1-8H. The van der Waals surface area contributed by atoms with Crippen molar-refractivity contribution < 1.29 is 33.4 Å². The van der Waals surface area contributed by atoms with Crippen LogP contribution in [0.4, 0.5) is 0 Å². The normalized spacial score (nSPS) is 12.3. The molecule has 1 heterocycles. The van der Waals surface area contributed by atoms with Gasteiger partial charge in [-0.3, -0.25) is 4.79 Å². The van der Waals surface area contributed by atoms with Gasteiger partial charge in [0.1, 0.15) is 11.5 Å². The van der Waals surface area contributed by atoms with Crippen LogP contribution in [0, 0.1) is 0 Å². The van der Waals surface area contributed by atoms with E-state index in [4.69, 9.17) is 4.74 Å². The van der Waals surface area contributed by atoms with Crippen LogP contribution in [-0.2, 0) is 9.53 Å². The molecule has 0 spiro atoms. The molecule has 0 N–H and O–H groups in total. The smallest absolute Gasteiger partial charge is 0.346 e. The lowest BCUT2D eigenvalue weighted by molar-refractivity contribution is -0.120. The average molecular weight is 312 g/mol. The summed E-state index contributed by atoms with van der Waals surface area (Å²) in [7, 11) is 0. The van der Waals surface area contributed by atoms with Crippen LogP contribution in [0.2, 0.25) is 0 Å². The summed E-state index contributed by atoms with van der Waals surface area (Å²) in [5.41, 5.74) is 0.240. The van der Waals surface area contributed by atoms with Crippen LogP contribution in [0.1, 0.15) is 31.1 Å². The van der Waals surface area contributed by atoms with Gasteiger partial charge in [-0.15, -0.1) is 0 Å². The number of rotatable bonds is 4. The van der Waals surface area contributed by atoms with Gasteiger partial charge in [0.2, 0.25) is 0 Å². The molecular weight excluding hydrogens is 304 g/mol. The maximum Gasteiger partial charge on any atom is 0.346 e. The summed E-state index contributed by atoms with van der Waals surface area (Å²) in [5, 5.41) is 0. The van der Waals surface area contributed by atoms with Crippen molar-refractivity contribution in [3.05, 3.63) is 59.2 Å². The summed E-state index contributed by atoms with van der Waals surface area (Å²) in [6, 6.07) is 9.75. The molecule has 114 valence electrons. The van der Waals surface area contributed by atoms with Gasteiger partial charge in [0.25, 0.3) is 6.47 Å². The summed E-state index contributed by atoms with van der Waals surface area (Å²) in [6.07, 6.45) is 0. The molecule has 0 unspecified atom stereocenters. The second-order valence-electron chi connectivity index (χ2n) is 4.51. The van der Waals surface area contributed by atoms with Crippen molar-refractivity contribution in [3.8, 4) is 11.5 Å². The van der Waals surface area contributed by atoms with Crippen LogP contribution in [0.25, 0.3) is 0 Å². The average Bonchev–Trinajstić information content (AvgIpc) is 2.84. The van der Waals surface area contributed by atoms with Gasteiger partial charge in [-0.25, -0.2) is 14.4 Å². The SMILES string of the molecule is O=COc1ccc(OC(=O)c2ccc3c(c2)C(=O)OC3=O)cc1. The highest BCUT2D eigenvalue weighted by molar-refractivity contribution is 6.15. The van der Waals surface area contributed by atoms with E-state index in [9.17, 15) is 19.2 Å². The van der Waals surface area contributed by atoms with Gasteiger partial charge in [0, 0.05) is 0 Å².